The molecule has 4 atom stereocenters. The number of benzene rings is 4. The minimum Gasteiger partial charge on any atom is -0.505 e. The Labute approximate surface area is 771 Å². The van der Waals surface area contributed by atoms with E-state index in [4.69, 9.17) is 17.7 Å². The highest BCUT2D eigenvalue weighted by Crippen LogP contribution is 2.43. The lowest BCUT2D eigenvalue weighted by Crippen LogP contribution is -2.33. The van der Waals surface area contributed by atoms with E-state index in [1.165, 1.54) is 19.6 Å². The maximum absolute atomic E-state index is 12.5. The number of nitrogens with zero attached hydrogens (tertiary/aromatic N) is 20. The second-order valence-electron chi connectivity index (χ2n) is 35.6. The quantitative estimate of drug-likeness (QED) is 0.0224. The van der Waals surface area contributed by atoms with Gasteiger partial charge in [-0.25, -0.2) is 79.8 Å². The zero-order valence-corrected chi connectivity index (χ0v) is 78.8. The predicted molar refractivity (Wildman–Crippen MR) is 502 cm³/mol. The molecule has 700 valence electrons. The van der Waals surface area contributed by atoms with Gasteiger partial charge in [0.2, 0.25) is 0 Å². The predicted octanol–water partition coefficient (Wildman–Crippen LogP) is 11.0. The number of phenolic OH excluding ortho intramolecular Hbond substituents is 4. The maximum atomic E-state index is 12.5. The number of nitrogens with one attached hydrogen (secondary N) is 8. The second-order valence-corrected chi connectivity index (χ2v) is 35.6. The van der Waals surface area contributed by atoms with Gasteiger partial charge in [-0.3, -0.25) is 19.2 Å². The molecule has 40 nitrogen and oxygen atoms in total. The van der Waals surface area contributed by atoms with E-state index < -0.39 is 0 Å². The van der Waals surface area contributed by atoms with Crippen LogP contribution < -0.4 is 86.4 Å². The summed E-state index contributed by atoms with van der Waals surface area (Å²) in [5, 5.41) is 69.4. The van der Waals surface area contributed by atoms with Gasteiger partial charge in [-0.05, 0) is 147 Å². The average Bonchev–Trinajstić information content (AvgIpc) is 1.49. The standard InChI is InChI=1S/2C24H29N7O3.2C23H27N7O3/c1-12(2)18(17-10-13(3)14(4)34-17)28-23-22(29-20-21(30-23)26-11-25-20)27-16-9-7-8-15(19(16)32)24(33)31(5)6;1-13-10-11-16(34-13)18(24(2,3)4)28-22-21(29-19-20(30-22)26-12-25-19)27-15-9-7-8-14(17(15)32)23(33)31(5)6;1-23(2,3)17(15-10-7-11-33-15)27-21-20(28-18-19(29-21)25-12-24-18)26-14-9-6-8-13(16(14)31)22(32)30(4)5;1-12(2)17(16-10-9-13(3)33-16)27-22-21(28-19-20(29-22)25-11-24-19)26-15-8-6-7-14(18(15)31)23(32)30(4)5/h7-10,12,18,32H,11H2,1-6H3,(H,25,27,29)(H,26,28,30);7-11,18,32H,12H2,1-6H3,(H,25,27,29)(H,26,28,30);6-11,17,31H,12H2,1-5H3,(H,24,26,28)(H,25,27,29);6-10,12,17,31H,11H2,1-5H3,(H,24,26,28)(H,25,27,29)/t2*18-;2*17-/m1001/s1. The summed E-state index contributed by atoms with van der Waals surface area (Å²) < 4.78 is 23.4. The monoisotopic (exact) mass is 1820 g/mol. The number of anilines is 12. The third-order valence-corrected chi connectivity index (χ3v) is 21.5. The molecule has 0 saturated heterocycles. The number of fused-ring (bicyclic) bond motifs is 4. The van der Waals surface area contributed by atoms with E-state index >= 15 is 0 Å². The van der Waals surface area contributed by atoms with Crippen LogP contribution in [0.1, 0.15) is 181 Å². The molecule has 0 unspecified atom stereocenters. The van der Waals surface area contributed by atoms with E-state index in [9.17, 15) is 39.6 Å². The van der Waals surface area contributed by atoms with E-state index in [0.717, 1.165) is 45.9 Å². The molecule has 12 aromatic rings. The summed E-state index contributed by atoms with van der Waals surface area (Å²) in [6, 6.07) is 32.3. The van der Waals surface area contributed by atoms with Crippen molar-refractivity contribution in [1.82, 2.24) is 59.5 Å². The fraction of sp³-hybridized carbons (Fsp3) is 0.362. The van der Waals surface area contributed by atoms with Gasteiger partial charge in [0.25, 0.3) is 23.6 Å². The zero-order valence-electron chi connectivity index (χ0n) is 78.8. The Morgan fingerprint density at radius 2 is 0.612 bits per heavy atom. The number of aromatic hydroxyl groups is 4. The van der Waals surface area contributed by atoms with Crippen molar-refractivity contribution in [3.8, 4) is 23.0 Å². The summed E-state index contributed by atoms with van der Waals surface area (Å²) in [5.74, 6) is 7.12. The molecular weight excluding hydrogens is 1710 g/mol. The Morgan fingerprint density at radius 3 is 0.858 bits per heavy atom. The van der Waals surface area contributed by atoms with Gasteiger partial charge in [0, 0.05) is 56.4 Å². The average molecular weight is 1830 g/mol. The first-order valence-electron chi connectivity index (χ1n) is 43.2. The number of hydrogen-bond acceptors (Lipinski definition) is 36. The fourth-order valence-corrected chi connectivity index (χ4v) is 14.3. The molecule has 0 saturated carbocycles. The molecule has 40 heteroatoms. The third kappa shape index (κ3) is 21.9. The Balaban J connectivity index is 0.000000152. The van der Waals surface area contributed by atoms with Crippen molar-refractivity contribution in [1.29, 1.82) is 0 Å². The first-order valence-corrected chi connectivity index (χ1v) is 43.2. The van der Waals surface area contributed by atoms with Gasteiger partial charge in [-0.2, -0.15) is 0 Å². The summed E-state index contributed by atoms with van der Waals surface area (Å²) in [7, 11) is 13.0. The number of para-hydroxylation sites is 4. The van der Waals surface area contributed by atoms with Crippen molar-refractivity contribution in [2.45, 2.75) is 121 Å². The smallest absolute Gasteiger partial charge is 0.257 e. The van der Waals surface area contributed by atoms with E-state index in [1.807, 2.05) is 70.2 Å². The topological polar surface area (TPSA) is 513 Å². The van der Waals surface area contributed by atoms with Crippen molar-refractivity contribution >= 4 is 92.9 Å². The van der Waals surface area contributed by atoms with Gasteiger partial charge in [0.1, 0.15) is 67.0 Å². The minimum absolute atomic E-state index is 0.170. The van der Waals surface area contributed by atoms with Crippen LogP contribution in [0.15, 0.2) is 179 Å². The summed E-state index contributed by atoms with van der Waals surface area (Å²) in [6.45, 7) is 29.7. The Hall–Kier alpha value is -15.8. The van der Waals surface area contributed by atoms with Crippen LogP contribution in [0.2, 0.25) is 0 Å². The van der Waals surface area contributed by atoms with Crippen LogP contribution in [0.5, 0.6) is 23.0 Å². The third-order valence-electron chi connectivity index (χ3n) is 21.5. The van der Waals surface area contributed by atoms with E-state index in [2.05, 4.69) is 192 Å². The molecule has 12 N–H and O–H groups in total. The molecule has 4 aromatic carbocycles. The van der Waals surface area contributed by atoms with Crippen molar-refractivity contribution in [2.24, 2.45) is 62.6 Å². The summed E-state index contributed by atoms with van der Waals surface area (Å²) in [6.07, 6.45) is 1.63. The number of phenols is 4. The van der Waals surface area contributed by atoms with Crippen LogP contribution in [-0.2, 0) is 0 Å². The van der Waals surface area contributed by atoms with E-state index in [0.29, 0.717) is 113 Å². The number of aromatic nitrogens is 8. The van der Waals surface area contributed by atoms with Gasteiger partial charge < -0.3 is 100 Å². The first kappa shape index (κ1) is 95.8. The molecule has 16 rings (SSSR count). The van der Waals surface area contributed by atoms with Crippen molar-refractivity contribution < 1.29 is 57.3 Å². The van der Waals surface area contributed by atoms with Crippen LogP contribution in [0.25, 0.3) is 0 Å². The molecule has 4 aliphatic rings. The molecule has 8 aromatic heterocycles. The van der Waals surface area contributed by atoms with Crippen LogP contribution in [-0.4, -0.2) is 187 Å². The zero-order chi connectivity index (χ0) is 96.6. The fourth-order valence-electron chi connectivity index (χ4n) is 14.3. The van der Waals surface area contributed by atoms with Gasteiger partial charge in [-0.1, -0.05) is 93.5 Å². The number of rotatable bonds is 26. The summed E-state index contributed by atoms with van der Waals surface area (Å²) in [4.78, 5) is 127. The first-order chi connectivity index (χ1) is 63.6. The molecule has 0 radical (unpaired) electrons. The molecule has 0 fully saturated rings. The molecule has 134 heavy (non-hydrogen) atoms. The maximum Gasteiger partial charge on any atom is 0.257 e. The number of aryl methyl sites for hydroxylation is 4. The van der Waals surface area contributed by atoms with Gasteiger partial charge in [-0.15, -0.1) is 0 Å². The number of amides is 4. The molecule has 4 aliphatic heterocycles. The molecule has 12 heterocycles. The van der Waals surface area contributed by atoms with Crippen molar-refractivity contribution in [3.05, 3.63) is 234 Å². The SMILES string of the molecule is CN(C)C(=O)c1cccc(Nc2nc3c(nc2N[C@@H](c2ccco2)C(C)(C)C)=NCN=3)c1O.Cc1cc([C@H](Nc2nc3c(nc2Nc2cccc(C(=O)N(C)C)c2O)=NCN=3)C(C)C)oc1C.Cc1ccc([C@H](Nc2nc3c(nc2Nc2cccc(C(=O)N(C)C)c2O)=NCN=3)C(C)(C)C)o1.Cc1ccc([C@H](Nc2nc3c(nc2Nc2cccc(C(=O)N(C)C)c2O)=NCN=3)C(C)C)o1. The highest BCUT2D eigenvalue weighted by atomic mass is 16.4. The van der Waals surface area contributed by atoms with Crippen LogP contribution >= 0.6 is 0 Å². The Kier molecular flexibility index (Phi) is 28.8. The molecule has 0 bridgehead atoms. The van der Waals surface area contributed by atoms with Gasteiger partial charge in [0.15, 0.2) is 113 Å². The lowest BCUT2D eigenvalue weighted by atomic mass is 9.85. The van der Waals surface area contributed by atoms with Crippen molar-refractivity contribution in [3.63, 3.8) is 0 Å². The highest BCUT2D eigenvalue weighted by Gasteiger charge is 2.35. The minimum atomic E-state index is -0.311. The molecular formula is C94H112N28O12. The molecule has 0 aliphatic carbocycles. The highest BCUT2D eigenvalue weighted by molar-refractivity contribution is 6.01. The van der Waals surface area contributed by atoms with Gasteiger partial charge >= 0.3 is 0 Å². The van der Waals surface area contributed by atoms with Crippen LogP contribution in [0.3, 0.4) is 0 Å². The Bertz CT molecular complexity index is 6960. The number of carbonyl (C=O) groups is 4. The lowest BCUT2D eigenvalue weighted by Gasteiger charge is -2.30. The van der Waals surface area contributed by atoms with Gasteiger partial charge in [0.05, 0.1) is 75.4 Å². The number of hydrogen-bond donors (Lipinski definition) is 12. The van der Waals surface area contributed by atoms with Crippen LogP contribution in [0, 0.1) is 50.4 Å². The Morgan fingerprint density at radius 1 is 0.336 bits per heavy atom. The van der Waals surface area contributed by atoms with E-state index in [1.54, 1.807) is 135 Å². The summed E-state index contributed by atoms with van der Waals surface area (Å²) in [5.41, 5.74) is 6.05. The lowest BCUT2D eigenvalue weighted by molar-refractivity contribution is 0.0817. The summed E-state index contributed by atoms with van der Waals surface area (Å²) >= 11 is 0. The van der Waals surface area contributed by atoms with Crippen molar-refractivity contribution in [2.75, 3.05) is 126 Å². The molecule has 4 amide bonds. The van der Waals surface area contributed by atoms with E-state index in [-0.39, 0.29) is 142 Å². The molecule has 0 spiro atoms. The number of furan rings is 4. The normalized spacial score (nSPS) is 13.3. The largest absolute Gasteiger partial charge is 0.505 e. The second kappa shape index (κ2) is 40.3. The number of carbonyl (C=O) groups excluding carboxylic acids is 4. The van der Waals surface area contributed by atoms with Crippen LogP contribution in [0.4, 0.5) is 69.3 Å².